The summed E-state index contributed by atoms with van der Waals surface area (Å²) in [6.45, 7) is 5.91. The molecule has 0 amide bonds. The molecule has 0 fully saturated rings. The van der Waals surface area contributed by atoms with Gasteiger partial charge in [-0.05, 0) is 47.9 Å². The summed E-state index contributed by atoms with van der Waals surface area (Å²) in [5, 5.41) is 1.39. The van der Waals surface area contributed by atoms with E-state index in [4.69, 9.17) is 28.2 Å². The molecule has 4 heteroatoms. The number of hydrogen-bond donors (Lipinski definition) is 1. The van der Waals surface area contributed by atoms with Crippen LogP contribution in [0.1, 0.15) is 18.1 Å². The van der Waals surface area contributed by atoms with E-state index in [9.17, 15) is 0 Å². The molecule has 0 aliphatic rings. The van der Waals surface area contributed by atoms with Crippen molar-refractivity contribution in [3.05, 3.63) is 88.4 Å². The number of aromatic nitrogens is 2. The number of nitrogens with zero attached hydrogens (tertiary/aromatic N) is 1. The summed E-state index contributed by atoms with van der Waals surface area (Å²) in [5.74, 6) is 0.772. The predicted molar refractivity (Wildman–Crippen MR) is 122 cm³/mol. The van der Waals surface area contributed by atoms with Gasteiger partial charge in [0.2, 0.25) is 0 Å². The summed E-state index contributed by atoms with van der Waals surface area (Å²) in [4.78, 5) is 8.27. The topological polar surface area (TPSA) is 28.7 Å². The van der Waals surface area contributed by atoms with Gasteiger partial charge in [-0.3, -0.25) is 0 Å². The van der Waals surface area contributed by atoms with Gasteiger partial charge in [0.05, 0.1) is 11.0 Å². The molecule has 2 nitrogen and oxygen atoms in total. The van der Waals surface area contributed by atoms with Crippen LogP contribution >= 0.6 is 23.2 Å². The minimum Gasteiger partial charge on any atom is -0.338 e. The molecule has 0 unspecified atom stereocenters. The molecule has 0 aliphatic carbocycles. The number of benzene rings is 3. The summed E-state index contributed by atoms with van der Waals surface area (Å²) in [5.41, 5.74) is 6.71. The number of aromatic amines is 1. The molecule has 0 bridgehead atoms. The maximum absolute atomic E-state index is 6.53. The smallest absolute Gasteiger partial charge is 0.139 e. The van der Waals surface area contributed by atoms with Crippen LogP contribution in [0.25, 0.3) is 45.7 Å². The first kappa shape index (κ1) is 18.5. The number of para-hydroxylation sites is 2. The lowest BCUT2D eigenvalue weighted by molar-refractivity contribution is 1.33. The van der Waals surface area contributed by atoms with Crippen LogP contribution in [0.15, 0.2) is 72.3 Å². The molecule has 0 saturated heterocycles. The van der Waals surface area contributed by atoms with Gasteiger partial charge in [0.25, 0.3) is 0 Å². The van der Waals surface area contributed by atoms with Crippen LogP contribution in [0.3, 0.4) is 0 Å². The first-order chi connectivity index (χ1) is 13.6. The van der Waals surface area contributed by atoms with Crippen molar-refractivity contribution in [2.45, 2.75) is 6.92 Å². The van der Waals surface area contributed by atoms with Crippen molar-refractivity contribution < 1.29 is 0 Å². The number of imidazole rings is 1. The largest absolute Gasteiger partial charge is 0.338 e. The molecule has 1 heterocycles. The molecule has 0 saturated carbocycles. The fraction of sp³-hybridized carbons (Fsp3) is 0.0417. The van der Waals surface area contributed by atoms with E-state index in [2.05, 4.69) is 17.6 Å². The van der Waals surface area contributed by atoms with Crippen LogP contribution < -0.4 is 0 Å². The number of nitrogens with one attached hydrogen (secondary N) is 1. The van der Waals surface area contributed by atoms with Crippen LogP contribution in [0.5, 0.6) is 0 Å². The lowest BCUT2D eigenvalue weighted by atomic mass is 9.91. The number of allylic oxidation sites excluding steroid dienone is 1. The normalized spacial score (nSPS) is 11.8. The van der Waals surface area contributed by atoms with E-state index in [0.29, 0.717) is 10.1 Å². The Morgan fingerprint density at radius 2 is 1.75 bits per heavy atom. The van der Waals surface area contributed by atoms with Gasteiger partial charge >= 0.3 is 0 Å². The molecule has 0 aliphatic heterocycles. The average Bonchev–Trinajstić information content (AvgIpc) is 3.11. The molecule has 4 aromatic rings. The molecule has 1 N–H and O–H groups in total. The van der Waals surface area contributed by atoms with E-state index < -0.39 is 0 Å². The zero-order chi connectivity index (χ0) is 19.7. The van der Waals surface area contributed by atoms with Crippen molar-refractivity contribution in [1.82, 2.24) is 9.97 Å². The molecule has 138 valence electrons. The molecule has 3 aromatic carbocycles. The summed E-state index contributed by atoms with van der Waals surface area (Å²) in [6.07, 6.45) is 3.77. The second-order valence-corrected chi connectivity index (χ2v) is 7.51. The first-order valence-corrected chi connectivity index (χ1v) is 9.67. The molecule has 28 heavy (non-hydrogen) atoms. The van der Waals surface area contributed by atoms with E-state index >= 15 is 0 Å². The average molecular weight is 405 g/mol. The summed E-state index contributed by atoms with van der Waals surface area (Å²) >= 11 is 12.7. The van der Waals surface area contributed by atoms with E-state index in [-0.39, 0.29) is 0 Å². The second kappa shape index (κ2) is 7.67. The van der Waals surface area contributed by atoms with Crippen molar-refractivity contribution in [3.63, 3.8) is 0 Å². The third-order valence-corrected chi connectivity index (χ3v) is 5.07. The molecule has 0 atom stereocenters. The molecule has 1 aromatic heterocycles. The minimum absolute atomic E-state index is 0.687. The molecular weight excluding hydrogens is 387 g/mol. The fourth-order valence-electron chi connectivity index (χ4n) is 3.43. The Labute approximate surface area is 174 Å². The molecule has 4 rings (SSSR count). The van der Waals surface area contributed by atoms with E-state index in [0.717, 1.165) is 44.7 Å². The zero-order valence-corrected chi connectivity index (χ0v) is 16.9. The Morgan fingerprint density at radius 1 is 1.00 bits per heavy atom. The van der Waals surface area contributed by atoms with E-state index in [1.54, 1.807) is 0 Å². The van der Waals surface area contributed by atoms with Gasteiger partial charge in [-0.2, -0.15) is 0 Å². The Bertz CT molecular complexity index is 1180. The van der Waals surface area contributed by atoms with Gasteiger partial charge in [0, 0.05) is 21.2 Å². The zero-order valence-electron chi connectivity index (χ0n) is 15.3. The highest BCUT2D eigenvalue weighted by atomic mass is 35.5. The maximum Gasteiger partial charge on any atom is 0.139 e. The molecule has 0 spiro atoms. The Kier molecular flexibility index (Phi) is 5.08. The van der Waals surface area contributed by atoms with Crippen LogP contribution in [-0.4, -0.2) is 9.97 Å². The summed E-state index contributed by atoms with van der Waals surface area (Å²) in [7, 11) is 0. The highest BCUT2D eigenvalue weighted by Gasteiger charge is 2.18. The van der Waals surface area contributed by atoms with E-state index in [1.165, 1.54) is 0 Å². The lowest BCUT2D eigenvalue weighted by Crippen LogP contribution is -1.95. The van der Waals surface area contributed by atoms with Crippen molar-refractivity contribution in [2.24, 2.45) is 0 Å². The minimum atomic E-state index is 0.687. The molecular formula is C24H18Cl2N2. The van der Waals surface area contributed by atoms with Gasteiger partial charge in [0.1, 0.15) is 5.82 Å². The summed E-state index contributed by atoms with van der Waals surface area (Å²) in [6, 6.07) is 19.9. The number of fused-ring (bicyclic) bond motifs is 1. The fourth-order valence-corrected chi connectivity index (χ4v) is 3.78. The second-order valence-electron chi connectivity index (χ2n) is 6.51. The number of rotatable bonds is 4. The number of halogens is 2. The third-order valence-electron chi connectivity index (χ3n) is 4.63. The quantitative estimate of drug-likeness (QED) is 0.369. The lowest BCUT2D eigenvalue weighted by Gasteiger charge is -2.15. The number of hydrogen-bond acceptors (Lipinski definition) is 1. The van der Waals surface area contributed by atoms with Gasteiger partial charge in [-0.25, -0.2) is 4.98 Å². The highest BCUT2D eigenvalue weighted by molar-refractivity contribution is 6.33. The van der Waals surface area contributed by atoms with Crippen LogP contribution in [0, 0.1) is 0 Å². The van der Waals surface area contributed by atoms with Gasteiger partial charge < -0.3 is 4.98 Å². The van der Waals surface area contributed by atoms with Crippen molar-refractivity contribution >= 4 is 46.4 Å². The summed E-state index contributed by atoms with van der Waals surface area (Å²) < 4.78 is 0. The van der Waals surface area contributed by atoms with Crippen molar-refractivity contribution in [2.75, 3.05) is 0 Å². The van der Waals surface area contributed by atoms with Gasteiger partial charge in [-0.1, -0.05) is 78.3 Å². The highest BCUT2D eigenvalue weighted by Crippen LogP contribution is 2.40. The monoisotopic (exact) mass is 404 g/mol. The van der Waals surface area contributed by atoms with Crippen LogP contribution in [-0.2, 0) is 0 Å². The molecule has 0 radical (unpaired) electrons. The third kappa shape index (κ3) is 3.37. The number of H-pyrrole nitrogens is 1. The van der Waals surface area contributed by atoms with Crippen LogP contribution in [0.4, 0.5) is 0 Å². The SMILES string of the molecule is C=Cc1c(/C=C(\C)Cl)ccc(-c2ccccc2Cl)c1-c1nc2ccccc2[nH]1. The van der Waals surface area contributed by atoms with Crippen LogP contribution in [0.2, 0.25) is 5.02 Å². The Balaban J connectivity index is 2.09. The van der Waals surface area contributed by atoms with E-state index in [1.807, 2.05) is 73.7 Å². The predicted octanol–water partition coefficient (Wildman–Crippen LogP) is 7.79. The van der Waals surface area contributed by atoms with Gasteiger partial charge in [0.15, 0.2) is 0 Å². The van der Waals surface area contributed by atoms with Crippen molar-refractivity contribution in [1.29, 1.82) is 0 Å². The van der Waals surface area contributed by atoms with Gasteiger partial charge in [-0.15, -0.1) is 0 Å². The first-order valence-electron chi connectivity index (χ1n) is 8.91. The standard InChI is InChI=1S/C24H18Cl2N2/c1-3-17-16(14-15(2)25)12-13-19(18-8-4-5-9-20(18)26)23(17)24-27-21-10-6-7-11-22(21)28-24/h3-14H,1H2,2H3,(H,27,28)/b15-14+. The maximum atomic E-state index is 6.53. The van der Waals surface area contributed by atoms with Crippen molar-refractivity contribution in [3.8, 4) is 22.5 Å². The Morgan fingerprint density at radius 3 is 2.46 bits per heavy atom. The Hall–Kier alpha value is -2.81.